The van der Waals surface area contributed by atoms with E-state index < -0.39 is 0 Å². The van der Waals surface area contributed by atoms with Gasteiger partial charge < -0.3 is 19.5 Å². The van der Waals surface area contributed by atoms with Crippen LogP contribution >= 0.6 is 0 Å². The Balaban J connectivity index is 1.88. The quantitative estimate of drug-likeness (QED) is 0.742. The van der Waals surface area contributed by atoms with Gasteiger partial charge >= 0.3 is 0 Å². The number of benzene rings is 2. The minimum atomic E-state index is -0.345. The Bertz CT molecular complexity index is 1030. The van der Waals surface area contributed by atoms with Crippen LogP contribution in [0.25, 0.3) is 11.3 Å². The van der Waals surface area contributed by atoms with Crippen LogP contribution in [0.4, 0.5) is 0 Å². The number of H-pyrrole nitrogens is 1. The molecule has 1 aliphatic heterocycles. The van der Waals surface area contributed by atoms with Gasteiger partial charge in [-0.3, -0.25) is 9.89 Å². The molecule has 0 spiro atoms. The zero-order valence-corrected chi connectivity index (χ0v) is 15.2. The maximum Gasteiger partial charge on any atom is 0.272 e. The van der Waals surface area contributed by atoms with Crippen molar-refractivity contribution in [1.82, 2.24) is 15.1 Å². The van der Waals surface area contributed by atoms with Gasteiger partial charge in [-0.2, -0.15) is 5.10 Å². The number of aromatic nitrogens is 2. The second kappa shape index (κ2) is 6.35. The number of carbonyl (C=O) groups is 1. The largest absolute Gasteiger partial charge is 0.504 e. The highest BCUT2D eigenvalue weighted by Gasteiger charge is 2.40. The topological polar surface area (TPSA) is 87.7 Å². The zero-order chi connectivity index (χ0) is 19.1. The number of phenols is 1. The van der Waals surface area contributed by atoms with Crippen LogP contribution in [-0.4, -0.2) is 47.4 Å². The zero-order valence-electron chi connectivity index (χ0n) is 15.2. The van der Waals surface area contributed by atoms with E-state index in [1.807, 2.05) is 24.3 Å². The highest BCUT2D eigenvalue weighted by atomic mass is 16.5. The summed E-state index contributed by atoms with van der Waals surface area (Å²) in [6.45, 7) is 0. The highest BCUT2D eigenvalue weighted by molar-refractivity contribution is 6.00. The van der Waals surface area contributed by atoms with Crippen molar-refractivity contribution in [3.63, 3.8) is 0 Å². The van der Waals surface area contributed by atoms with Gasteiger partial charge in [-0.25, -0.2) is 0 Å². The van der Waals surface area contributed by atoms with E-state index in [-0.39, 0.29) is 17.7 Å². The van der Waals surface area contributed by atoms with Gasteiger partial charge in [0.25, 0.3) is 5.91 Å². The summed E-state index contributed by atoms with van der Waals surface area (Å²) in [6.07, 6.45) is 0. The van der Waals surface area contributed by atoms with E-state index in [2.05, 4.69) is 10.2 Å². The van der Waals surface area contributed by atoms with E-state index >= 15 is 0 Å². The minimum Gasteiger partial charge on any atom is -0.504 e. The number of methoxy groups -OCH3 is 2. The molecular weight excluding hydrogens is 346 g/mol. The van der Waals surface area contributed by atoms with Crippen molar-refractivity contribution in [3.05, 3.63) is 59.3 Å². The Morgan fingerprint density at radius 1 is 1.15 bits per heavy atom. The molecule has 1 aromatic heterocycles. The van der Waals surface area contributed by atoms with Crippen LogP contribution < -0.4 is 9.47 Å². The molecule has 0 radical (unpaired) electrons. The van der Waals surface area contributed by atoms with Crippen LogP contribution in [0.2, 0.25) is 0 Å². The fourth-order valence-electron chi connectivity index (χ4n) is 3.51. The average molecular weight is 365 g/mol. The summed E-state index contributed by atoms with van der Waals surface area (Å²) in [5.41, 5.74) is 3.63. The van der Waals surface area contributed by atoms with Gasteiger partial charge in [0.2, 0.25) is 0 Å². The van der Waals surface area contributed by atoms with Crippen LogP contribution in [-0.2, 0) is 0 Å². The molecule has 7 nitrogen and oxygen atoms in total. The molecule has 0 bridgehead atoms. The number of aromatic amines is 1. The first kappa shape index (κ1) is 17.0. The van der Waals surface area contributed by atoms with Gasteiger partial charge in [0.05, 0.1) is 26.0 Å². The molecule has 4 rings (SSSR count). The number of hydrogen-bond acceptors (Lipinski definition) is 5. The number of aromatic hydroxyl groups is 1. The number of nitrogens with zero attached hydrogens (tertiary/aromatic N) is 2. The summed E-state index contributed by atoms with van der Waals surface area (Å²) in [5, 5.41) is 17.2. The van der Waals surface area contributed by atoms with E-state index in [0.717, 1.165) is 16.7 Å². The number of carbonyl (C=O) groups excluding carboxylic acids is 1. The number of rotatable bonds is 4. The third-order valence-electron chi connectivity index (χ3n) is 4.86. The summed E-state index contributed by atoms with van der Waals surface area (Å²) >= 11 is 0. The standard InChI is InChI=1S/C20H19N3O4/c1-23-19(12-7-8-14(24)15(10-12)27-3)16-17(21-22-18(16)20(23)25)11-5-4-6-13(9-11)26-2/h4-10,19,24H,1-3H3,(H,21,22)/t19-/m1/s1. The van der Waals surface area contributed by atoms with Crippen LogP contribution in [0.15, 0.2) is 42.5 Å². The molecule has 138 valence electrons. The summed E-state index contributed by atoms with van der Waals surface area (Å²) in [4.78, 5) is 14.4. The number of hydrogen-bond donors (Lipinski definition) is 2. The van der Waals surface area contributed by atoms with Crippen molar-refractivity contribution in [1.29, 1.82) is 0 Å². The molecule has 0 saturated carbocycles. The fraction of sp³-hybridized carbons (Fsp3) is 0.200. The number of amides is 1. The normalized spacial score (nSPS) is 15.7. The molecular formula is C20H19N3O4. The molecule has 3 aromatic rings. The summed E-state index contributed by atoms with van der Waals surface area (Å²) in [7, 11) is 4.85. The molecule has 0 saturated heterocycles. The molecule has 2 aromatic carbocycles. The third kappa shape index (κ3) is 2.59. The van der Waals surface area contributed by atoms with Gasteiger partial charge in [-0.05, 0) is 29.8 Å². The van der Waals surface area contributed by atoms with Crippen LogP contribution in [0, 0.1) is 0 Å². The van der Waals surface area contributed by atoms with Crippen molar-refractivity contribution in [2.75, 3.05) is 21.3 Å². The lowest BCUT2D eigenvalue weighted by molar-refractivity contribution is 0.0787. The minimum absolute atomic E-state index is 0.0497. The maximum atomic E-state index is 12.7. The number of fused-ring (bicyclic) bond motifs is 1. The number of phenolic OH excluding ortho intramolecular Hbond substituents is 1. The van der Waals surface area contributed by atoms with E-state index in [0.29, 0.717) is 22.9 Å². The Labute approximate surface area is 156 Å². The molecule has 0 fully saturated rings. The first-order valence-electron chi connectivity index (χ1n) is 8.42. The lowest BCUT2D eigenvalue weighted by Gasteiger charge is -2.22. The molecule has 2 heterocycles. The molecule has 7 heteroatoms. The smallest absolute Gasteiger partial charge is 0.272 e. The Morgan fingerprint density at radius 2 is 1.96 bits per heavy atom. The third-order valence-corrected chi connectivity index (χ3v) is 4.86. The van der Waals surface area contributed by atoms with Gasteiger partial charge in [-0.15, -0.1) is 0 Å². The second-order valence-corrected chi connectivity index (χ2v) is 6.34. The first-order chi connectivity index (χ1) is 13.0. The van der Waals surface area contributed by atoms with E-state index in [4.69, 9.17) is 9.47 Å². The van der Waals surface area contributed by atoms with Crippen LogP contribution in [0.5, 0.6) is 17.2 Å². The van der Waals surface area contributed by atoms with Gasteiger partial charge in [0.15, 0.2) is 11.5 Å². The molecule has 0 unspecified atom stereocenters. The molecule has 0 aliphatic carbocycles. The van der Waals surface area contributed by atoms with E-state index in [9.17, 15) is 9.90 Å². The fourth-order valence-corrected chi connectivity index (χ4v) is 3.51. The van der Waals surface area contributed by atoms with Crippen molar-refractivity contribution < 1.29 is 19.4 Å². The molecule has 2 N–H and O–H groups in total. The van der Waals surface area contributed by atoms with Gasteiger partial charge in [-0.1, -0.05) is 18.2 Å². The first-order valence-corrected chi connectivity index (χ1v) is 8.42. The van der Waals surface area contributed by atoms with Gasteiger partial charge in [0.1, 0.15) is 11.4 Å². The monoisotopic (exact) mass is 365 g/mol. The highest BCUT2D eigenvalue weighted by Crippen LogP contribution is 2.43. The second-order valence-electron chi connectivity index (χ2n) is 6.34. The molecule has 27 heavy (non-hydrogen) atoms. The molecule has 1 aliphatic rings. The van der Waals surface area contributed by atoms with Gasteiger partial charge in [0, 0.05) is 18.2 Å². The summed E-state index contributed by atoms with van der Waals surface area (Å²) in [5.74, 6) is 0.982. The molecule has 1 amide bonds. The lowest BCUT2D eigenvalue weighted by Crippen LogP contribution is -2.24. The lowest BCUT2D eigenvalue weighted by atomic mass is 9.96. The molecule has 1 atom stereocenters. The summed E-state index contributed by atoms with van der Waals surface area (Å²) < 4.78 is 10.5. The van der Waals surface area contributed by atoms with E-state index in [1.54, 1.807) is 37.3 Å². The number of ether oxygens (including phenoxy) is 2. The predicted octanol–water partition coefficient (Wildman–Crippen LogP) is 2.97. The Hall–Kier alpha value is -3.48. The van der Waals surface area contributed by atoms with Crippen molar-refractivity contribution in [3.8, 4) is 28.5 Å². The Kier molecular flexibility index (Phi) is 3.99. The van der Waals surface area contributed by atoms with Crippen molar-refractivity contribution in [2.45, 2.75) is 6.04 Å². The maximum absolute atomic E-state index is 12.7. The number of nitrogens with one attached hydrogen (secondary N) is 1. The predicted molar refractivity (Wildman–Crippen MR) is 99.2 cm³/mol. The van der Waals surface area contributed by atoms with Crippen LogP contribution in [0.1, 0.15) is 27.7 Å². The summed E-state index contributed by atoms with van der Waals surface area (Å²) in [6, 6.07) is 12.3. The average Bonchev–Trinajstić information content (AvgIpc) is 3.22. The van der Waals surface area contributed by atoms with Crippen molar-refractivity contribution >= 4 is 5.91 Å². The van der Waals surface area contributed by atoms with E-state index in [1.165, 1.54) is 7.11 Å². The Morgan fingerprint density at radius 3 is 2.70 bits per heavy atom. The van der Waals surface area contributed by atoms with Crippen molar-refractivity contribution in [2.24, 2.45) is 0 Å². The SMILES string of the molecule is COc1cccc(-c2n[nH]c3c2[C@@H](c2ccc(O)c(OC)c2)N(C)C3=O)c1. The van der Waals surface area contributed by atoms with Crippen LogP contribution in [0.3, 0.4) is 0 Å².